The van der Waals surface area contributed by atoms with Crippen molar-refractivity contribution in [2.24, 2.45) is 0 Å². The topological polar surface area (TPSA) is 128 Å². The molecule has 2 aliphatic heterocycles. The number of nitrogens with one attached hydrogen (secondary N) is 3. The van der Waals surface area contributed by atoms with Crippen molar-refractivity contribution in [3.63, 3.8) is 0 Å². The Balaban J connectivity index is 1.48. The lowest BCUT2D eigenvalue weighted by Gasteiger charge is -2.32. The zero-order chi connectivity index (χ0) is 29.5. The van der Waals surface area contributed by atoms with Crippen LogP contribution in [0, 0.1) is 0 Å². The Morgan fingerprint density at radius 1 is 0.690 bits per heavy atom. The highest BCUT2D eigenvalue weighted by Gasteiger charge is 2.40. The van der Waals surface area contributed by atoms with Crippen molar-refractivity contribution in [2.45, 2.75) is 69.1 Å². The molecule has 0 unspecified atom stereocenters. The molecule has 0 bridgehead atoms. The van der Waals surface area contributed by atoms with Gasteiger partial charge in [-0.1, -0.05) is 72.8 Å². The molecule has 5 rings (SSSR count). The molecule has 42 heavy (non-hydrogen) atoms. The van der Waals surface area contributed by atoms with Crippen molar-refractivity contribution in [3.8, 4) is 0 Å². The monoisotopic (exact) mass is 570 g/mol. The van der Waals surface area contributed by atoms with Gasteiger partial charge in [0, 0.05) is 26.0 Å². The van der Waals surface area contributed by atoms with E-state index >= 15 is 0 Å². The van der Waals surface area contributed by atoms with Crippen molar-refractivity contribution in [3.05, 3.63) is 83.9 Å². The van der Waals surface area contributed by atoms with Crippen molar-refractivity contribution in [2.75, 3.05) is 13.2 Å². The number of hydrogen-bond donors (Lipinski definition) is 4. The van der Waals surface area contributed by atoms with Gasteiger partial charge >= 0.3 is 0 Å². The number of unbranched alkanes of at least 4 members (excludes halogenated alkanes) is 1. The quantitative estimate of drug-likeness (QED) is 0.309. The van der Waals surface area contributed by atoms with E-state index in [4.69, 9.17) is 0 Å². The first kappa shape index (κ1) is 29.3. The third-order valence-corrected chi connectivity index (χ3v) is 8.16. The normalized spacial score (nSPS) is 23.4. The third-order valence-electron chi connectivity index (χ3n) is 8.16. The van der Waals surface area contributed by atoms with E-state index in [1.54, 1.807) is 4.90 Å². The van der Waals surface area contributed by atoms with Gasteiger partial charge in [-0.15, -0.1) is 0 Å². The van der Waals surface area contributed by atoms with Crippen LogP contribution in [-0.2, 0) is 32.0 Å². The first-order valence-electron chi connectivity index (χ1n) is 14.8. The number of rotatable bonds is 8. The fourth-order valence-corrected chi connectivity index (χ4v) is 5.91. The molecule has 0 saturated carbocycles. The Hall–Kier alpha value is -4.24. The lowest BCUT2D eigenvalue weighted by Crippen LogP contribution is -2.62. The standard InChI is InChI=1S/C33H38N4O5/c38-18-7-6-13-26-30(39)35-27(21-23-15-16-24-11-4-5-12-25(24)19-23)31(40)36-28(20-22-9-2-1-3-10-22)33(42)37-17-8-14-29(37)32(41)34-26/h1-5,9-12,15-16,19,26-29,38H,6-8,13-14,17-18,20-21H2,(H,34,41)(H,35,39)(H,36,40)/t26-,27-,28-,29+/m0/s1. The minimum atomic E-state index is -0.976. The first-order valence-corrected chi connectivity index (χ1v) is 14.8. The van der Waals surface area contributed by atoms with Crippen LogP contribution in [0.4, 0.5) is 0 Å². The molecule has 3 aromatic rings. The average Bonchev–Trinajstić information content (AvgIpc) is 3.50. The molecule has 0 aliphatic carbocycles. The maximum atomic E-state index is 13.9. The molecule has 9 heteroatoms. The van der Waals surface area contributed by atoms with Gasteiger partial charge in [-0.3, -0.25) is 19.2 Å². The fraction of sp³-hybridized carbons (Fsp3) is 0.394. The summed E-state index contributed by atoms with van der Waals surface area (Å²) < 4.78 is 0. The summed E-state index contributed by atoms with van der Waals surface area (Å²) in [5, 5.41) is 20.1. The second kappa shape index (κ2) is 13.6. The average molecular weight is 571 g/mol. The summed E-state index contributed by atoms with van der Waals surface area (Å²) in [6.45, 7) is 0.378. The number of aliphatic hydroxyl groups excluding tert-OH is 1. The van der Waals surface area contributed by atoms with Crippen molar-refractivity contribution in [1.82, 2.24) is 20.9 Å². The number of carbonyl (C=O) groups excluding carboxylic acids is 4. The van der Waals surface area contributed by atoms with Gasteiger partial charge in [-0.05, 0) is 54.0 Å². The zero-order valence-electron chi connectivity index (χ0n) is 23.6. The summed E-state index contributed by atoms with van der Waals surface area (Å²) in [6.07, 6.45) is 2.91. The minimum absolute atomic E-state index is 0.0248. The molecule has 3 aromatic carbocycles. The second-order valence-electron chi connectivity index (χ2n) is 11.2. The maximum Gasteiger partial charge on any atom is 0.246 e. The summed E-state index contributed by atoms with van der Waals surface area (Å²) in [5.74, 6) is -1.60. The molecule has 9 nitrogen and oxygen atoms in total. The molecule has 0 radical (unpaired) electrons. The van der Waals surface area contributed by atoms with Gasteiger partial charge in [0.15, 0.2) is 0 Å². The molecule has 4 N–H and O–H groups in total. The minimum Gasteiger partial charge on any atom is -0.396 e. The van der Waals surface area contributed by atoms with Crippen LogP contribution in [-0.4, -0.2) is 71.0 Å². The highest BCUT2D eigenvalue weighted by molar-refractivity contribution is 5.98. The van der Waals surface area contributed by atoms with E-state index in [0.29, 0.717) is 38.6 Å². The summed E-state index contributed by atoms with van der Waals surface area (Å²) in [6, 6.07) is 19.8. The lowest BCUT2D eigenvalue weighted by molar-refractivity contribution is -0.143. The number of aliphatic hydroxyl groups is 1. The van der Waals surface area contributed by atoms with Gasteiger partial charge in [0.25, 0.3) is 0 Å². The molecule has 0 spiro atoms. The Morgan fingerprint density at radius 2 is 1.36 bits per heavy atom. The van der Waals surface area contributed by atoms with E-state index < -0.39 is 36.0 Å². The van der Waals surface area contributed by atoms with Gasteiger partial charge in [-0.25, -0.2) is 0 Å². The Bertz CT molecular complexity index is 1430. The van der Waals surface area contributed by atoms with Crippen LogP contribution in [0.5, 0.6) is 0 Å². The molecular weight excluding hydrogens is 532 g/mol. The summed E-state index contributed by atoms with van der Waals surface area (Å²) in [7, 11) is 0. The Morgan fingerprint density at radius 3 is 2.14 bits per heavy atom. The lowest BCUT2D eigenvalue weighted by atomic mass is 9.99. The van der Waals surface area contributed by atoms with E-state index in [0.717, 1.165) is 21.9 Å². The molecular formula is C33H38N4O5. The summed E-state index contributed by atoms with van der Waals surface area (Å²) in [5.41, 5.74) is 1.73. The maximum absolute atomic E-state index is 13.9. The largest absolute Gasteiger partial charge is 0.396 e. The smallest absolute Gasteiger partial charge is 0.246 e. The number of hydrogen-bond acceptors (Lipinski definition) is 5. The van der Waals surface area contributed by atoms with Gasteiger partial charge in [0.2, 0.25) is 23.6 Å². The molecule has 0 aromatic heterocycles. The van der Waals surface area contributed by atoms with E-state index in [-0.39, 0.29) is 31.3 Å². The van der Waals surface area contributed by atoms with Gasteiger partial charge in [0.1, 0.15) is 24.2 Å². The zero-order valence-corrected chi connectivity index (χ0v) is 23.6. The fourth-order valence-electron chi connectivity index (χ4n) is 5.91. The van der Waals surface area contributed by atoms with Crippen LogP contribution < -0.4 is 16.0 Å². The predicted molar refractivity (Wildman–Crippen MR) is 159 cm³/mol. The summed E-state index contributed by atoms with van der Waals surface area (Å²) in [4.78, 5) is 56.4. The summed E-state index contributed by atoms with van der Waals surface area (Å²) >= 11 is 0. The molecule has 4 amide bonds. The molecule has 2 fully saturated rings. The number of nitrogens with zero attached hydrogens (tertiary/aromatic N) is 1. The Kier molecular flexibility index (Phi) is 9.48. The van der Waals surface area contributed by atoms with Crippen LogP contribution in [0.3, 0.4) is 0 Å². The first-order chi connectivity index (χ1) is 20.4. The van der Waals surface area contributed by atoms with Gasteiger partial charge in [0.05, 0.1) is 0 Å². The van der Waals surface area contributed by atoms with Crippen molar-refractivity contribution in [1.29, 1.82) is 0 Å². The highest BCUT2D eigenvalue weighted by Crippen LogP contribution is 2.22. The number of amides is 4. The van der Waals surface area contributed by atoms with E-state index in [1.165, 1.54) is 0 Å². The third kappa shape index (κ3) is 6.97. The molecule has 2 saturated heterocycles. The van der Waals surface area contributed by atoms with Crippen LogP contribution in [0.2, 0.25) is 0 Å². The molecule has 220 valence electrons. The van der Waals surface area contributed by atoms with Crippen LogP contribution in [0.15, 0.2) is 72.8 Å². The van der Waals surface area contributed by atoms with Crippen LogP contribution >= 0.6 is 0 Å². The highest BCUT2D eigenvalue weighted by atomic mass is 16.3. The molecule has 2 heterocycles. The number of fused-ring (bicyclic) bond motifs is 2. The van der Waals surface area contributed by atoms with E-state index in [2.05, 4.69) is 16.0 Å². The predicted octanol–water partition coefficient (Wildman–Crippen LogP) is 2.25. The second-order valence-corrected chi connectivity index (χ2v) is 11.2. The van der Waals surface area contributed by atoms with Crippen molar-refractivity contribution >= 4 is 34.4 Å². The molecule has 2 aliphatic rings. The van der Waals surface area contributed by atoms with Crippen LogP contribution in [0.1, 0.15) is 43.2 Å². The van der Waals surface area contributed by atoms with E-state index in [1.807, 2.05) is 72.8 Å². The number of carbonyl (C=O) groups is 4. The number of benzene rings is 3. The van der Waals surface area contributed by atoms with E-state index in [9.17, 15) is 24.3 Å². The molecule has 4 atom stereocenters. The SMILES string of the molecule is O=C1N[C@@H](Cc2ccccc2)C(=O)N2CCC[C@@H]2C(=O)N[C@@H](CCCCO)C(=O)N[C@H]1Cc1ccc2ccccc2c1. The van der Waals surface area contributed by atoms with Gasteiger partial charge in [-0.2, -0.15) is 0 Å². The van der Waals surface area contributed by atoms with Gasteiger partial charge < -0.3 is 26.0 Å². The Labute approximate surface area is 245 Å². The van der Waals surface area contributed by atoms with Crippen molar-refractivity contribution < 1.29 is 24.3 Å². The van der Waals surface area contributed by atoms with Crippen LogP contribution in [0.25, 0.3) is 10.8 Å².